The zero-order chi connectivity index (χ0) is 21.0. The Kier molecular flexibility index (Phi) is 6.52. The van der Waals surface area contributed by atoms with Gasteiger partial charge in [-0.1, -0.05) is 29.8 Å². The highest BCUT2D eigenvalue weighted by molar-refractivity contribution is 7.90. The molecule has 1 amide bonds. The Labute approximate surface area is 177 Å². The molecule has 0 saturated heterocycles. The average Bonchev–Trinajstić information content (AvgIpc) is 2.70. The number of anilines is 1. The number of benzene rings is 3. The van der Waals surface area contributed by atoms with Crippen molar-refractivity contribution in [2.75, 3.05) is 11.6 Å². The third-order valence-electron chi connectivity index (χ3n) is 4.17. The third-order valence-corrected chi connectivity index (χ3v) is 7.04. The van der Waals surface area contributed by atoms with Gasteiger partial charge in [0.2, 0.25) is 0 Å². The Morgan fingerprint density at radius 3 is 2.28 bits per heavy atom. The lowest BCUT2D eigenvalue weighted by Gasteiger charge is -2.09. The van der Waals surface area contributed by atoms with Crippen LogP contribution >= 0.6 is 11.6 Å². The van der Waals surface area contributed by atoms with Gasteiger partial charge in [0, 0.05) is 38.2 Å². The van der Waals surface area contributed by atoms with E-state index in [0.717, 1.165) is 0 Å². The molecule has 5 nitrogen and oxygen atoms in total. The Bertz CT molecular complexity index is 1160. The summed E-state index contributed by atoms with van der Waals surface area (Å²) in [5, 5.41) is 3.24. The maximum atomic E-state index is 12.7. The molecule has 3 aromatic carbocycles. The van der Waals surface area contributed by atoms with E-state index in [1.807, 2.05) is 0 Å². The highest BCUT2D eigenvalue weighted by atomic mass is 35.5. The van der Waals surface area contributed by atoms with Crippen molar-refractivity contribution in [2.45, 2.75) is 15.5 Å². The molecule has 150 valence electrons. The smallest absolute Gasteiger partial charge is 0.255 e. The van der Waals surface area contributed by atoms with E-state index in [-0.39, 0.29) is 16.2 Å². The largest absolute Gasteiger partial charge is 0.322 e. The fraction of sp³-hybridized carbons (Fsp3) is 0.0952. The van der Waals surface area contributed by atoms with E-state index in [4.69, 9.17) is 11.6 Å². The normalized spacial score (nSPS) is 12.3. The van der Waals surface area contributed by atoms with E-state index in [0.29, 0.717) is 21.2 Å². The number of carbonyl (C=O) groups excluding carboxylic acids is 1. The van der Waals surface area contributed by atoms with Gasteiger partial charge in [0.1, 0.15) is 0 Å². The van der Waals surface area contributed by atoms with Crippen molar-refractivity contribution in [1.29, 1.82) is 0 Å². The summed E-state index contributed by atoms with van der Waals surface area (Å²) >= 11 is 5.84. The number of amides is 1. The molecule has 0 fully saturated rings. The first-order valence-corrected chi connectivity index (χ1v) is 12.2. The Balaban J connectivity index is 1.78. The van der Waals surface area contributed by atoms with Crippen molar-refractivity contribution >= 4 is 43.8 Å². The van der Waals surface area contributed by atoms with Gasteiger partial charge in [0.25, 0.3) is 5.91 Å². The lowest BCUT2D eigenvalue weighted by Crippen LogP contribution is -2.13. The molecule has 0 saturated carbocycles. The van der Waals surface area contributed by atoms with Crippen molar-refractivity contribution < 1.29 is 17.4 Å². The van der Waals surface area contributed by atoms with Crippen LogP contribution in [0.3, 0.4) is 0 Å². The highest BCUT2D eigenvalue weighted by Gasteiger charge is 2.17. The minimum absolute atomic E-state index is 0.0665. The fourth-order valence-corrected chi connectivity index (χ4v) is 4.68. The molecule has 0 aliphatic rings. The number of nitrogens with one attached hydrogen (secondary N) is 1. The molecular formula is C21H18ClNO4S2. The molecule has 1 atom stereocenters. The lowest BCUT2D eigenvalue weighted by atomic mass is 10.2. The van der Waals surface area contributed by atoms with Gasteiger partial charge in [0.05, 0.1) is 10.6 Å². The van der Waals surface area contributed by atoms with Gasteiger partial charge in [-0.2, -0.15) is 0 Å². The van der Waals surface area contributed by atoms with E-state index < -0.39 is 26.5 Å². The molecule has 8 heteroatoms. The summed E-state index contributed by atoms with van der Waals surface area (Å²) in [6, 6.07) is 19.1. The van der Waals surface area contributed by atoms with Gasteiger partial charge in [-0.15, -0.1) is 0 Å². The number of halogens is 1. The molecule has 0 aliphatic carbocycles. The number of sulfone groups is 1. The summed E-state index contributed by atoms with van der Waals surface area (Å²) < 4.78 is 36.9. The number of rotatable bonds is 6. The molecular weight excluding hydrogens is 430 g/mol. The summed E-state index contributed by atoms with van der Waals surface area (Å²) in [5.41, 5.74) is 1.36. The van der Waals surface area contributed by atoms with Crippen molar-refractivity contribution in [3.05, 3.63) is 88.9 Å². The van der Waals surface area contributed by atoms with Crippen LogP contribution in [-0.2, 0) is 26.4 Å². The second kappa shape index (κ2) is 8.90. The predicted octanol–water partition coefficient (Wildman–Crippen LogP) is 4.30. The van der Waals surface area contributed by atoms with Gasteiger partial charge >= 0.3 is 0 Å². The van der Waals surface area contributed by atoms with Crippen LogP contribution in [0.4, 0.5) is 5.69 Å². The molecule has 1 unspecified atom stereocenters. The number of carbonyl (C=O) groups is 1. The molecule has 3 rings (SSSR count). The summed E-state index contributed by atoms with van der Waals surface area (Å²) in [6.45, 7) is 0. The number of hydrogen-bond acceptors (Lipinski definition) is 4. The van der Waals surface area contributed by atoms with E-state index in [1.165, 1.54) is 18.2 Å². The van der Waals surface area contributed by atoms with Gasteiger partial charge < -0.3 is 5.32 Å². The first-order chi connectivity index (χ1) is 13.7. The van der Waals surface area contributed by atoms with Crippen LogP contribution in [-0.4, -0.2) is 24.8 Å². The molecule has 1 N–H and O–H groups in total. The minimum Gasteiger partial charge on any atom is -0.322 e. The molecule has 0 bridgehead atoms. The Morgan fingerprint density at radius 1 is 1.00 bits per heavy atom. The van der Waals surface area contributed by atoms with Crippen LogP contribution in [0.2, 0.25) is 5.02 Å². The zero-order valence-corrected chi connectivity index (χ0v) is 17.9. The van der Waals surface area contributed by atoms with Crippen LogP contribution in [0.25, 0.3) is 0 Å². The standard InChI is InChI=1S/C21H18ClNO4S2/c1-28(25)19-11-9-18(10-12-19)23-21(24)16-3-2-4-20(13-16)29(26,27)14-15-5-7-17(22)8-6-15/h2-13H,14H2,1H3,(H,23,24). The molecule has 0 aromatic heterocycles. The van der Waals surface area contributed by atoms with E-state index in [9.17, 15) is 17.4 Å². The molecule has 3 aromatic rings. The topological polar surface area (TPSA) is 80.3 Å². The Morgan fingerprint density at radius 2 is 1.66 bits per heavy atom. The maximum absolute atomic E-state index is 12.7. The Hall–Kier alpha value is -2.48. The van der Waals surface area contributed by atoms with Crippen LogP contribution in [0.15, 0.2) is 82.6 Å². The summed E-state index contributed by atoms with van der Waals surface area (Å²) in [5.74, 6) is -0.621. The fourth-order valence-electron chi connectivity index (χ4n) is 2.65. The molecule has 0 spiro atoms. The van der Waals surface area contributed by atoms with E-state index in [2.05, 4.69) is 5.32 Å². The van der Waals surface area contributed by atoms with Crippen LogP contribution in [0.5, 0.6) is 0 Å². The van der Waals surface area contributed by atoms with E-state index in [1.54, 1.807) is 60.9 Å². The maximum Gasteiger partial charge on any atom is 0.255 e. The first-order valence-electron chi connectivity index (χ1n) is 8.57. The van der Waals surface area contributed by atoms with Crippen molar-refractivity contribution in [1.82, 2.24) is 0 Å². The summed E-state index contributed by atoms with van der Waals surface area (Å²) in [6.07, 6.45) is 1.57. The molecule has 0 aliphatic heterocycles. The van der Waals surface area contributed by atoms with Gasteiger partial charge in [-0.3, -0.25) is 9.00 Å². The minimum atomic E-state index is -3.63. The van der Waals surface area contributed by atoms with Crippen LogP contribution < -0.4 is 5.32 Å². The van der Waals surface area contributed by atoms with Crippen molar-refractivity contribution in [2.24, 2.45) is 0 Å². The zero-order valence-electron chi connectivity index (χ0n) is 15.5. The van der Waals surface area contributed by atoms with Crippen molar-refractivity contribution in [3.8, 4) is 0 Å². The van der Waals surface area contributed by atoms with Gasteiger partial charge in [-0.05, 0) is 60.2 Å². The second-order valence-corrected chi connectivity index (χ2v) is 10.2. The third kappa shape index (κ3) is 5.53. The molecule has 0 heterocycles. The second-order valence-electron chi connectivity index (χ2n) is 6.35. The van der Waals surface area contributed by atoms with Crippen LogP contribution in [0.1, 0.15) is 15.9 Å². The summed E-state index contributed by atoms with van der Waals surface area (Å²) in [4.78, 5) is 13.2. The average molecular weight is 448 g/mol. The van der Waals surface area contributed by atoms with Gasteiger partial charge in [0.15, 0.2) is 9.84 Å². The summed E-state index contributed by atoms with van der Waals surface area (Å²) in [7, 11) is -4.73. The van der Waals surface area contributed by atoms with Crippen LogP contribution in [0, 0.1) is 0 Å². The molecule has 0 radical (unpaired) electrons. The first kappa shape index (κ1) is 21.2. The predicted molar refractivity (Wildman–Crippen MR) is 116 cm³/mol. The van der Waals surface area contributed by atoms with Gasteiger partial charge in [-0.25, -0.2) is 8.42 Å². The molecule has 29 heavy (non-hydrogen) atoms. The van der Waals surface area contributed by atoms with Crippen molar-refractivity contribution in [3.63, 3.8) is 0 Å². The SMILES string of the molecule is CS(=O)c1ccc(NC(=O)c2cccc(S(=O)(=O)Cc3ccc(Cl)cc3)c2)cc1. The lowest BCUT2D eigenvalue weighted by molar-refractivity contribution is 0.102. The van der Waals surface area contributed by atoms with E-state index >= 15 is 0 Å². The number of hydrogen-bond donors (Lipinski definition) is 1. The quantitative estimate of drug-likeness (QED) is 0.610. The highest BCUT2D eigenvalue weighted by Crippen LogP contribution is 2.20. The monoisotopic (exact) mass is 447 g/mol.